The van der Waals surface area contributed by atoms with Gasteiger partial charge in [0.15, 0.2) is 15.2 Å². The molecule has 10 nitrogen and oxygen atoms in total. The molecule has 2 fully saturated rings. The fourth-order valence-corrected chi connectivity index (χ4v) is 6.38. The van der Waals surface area contributed by atoms with Gasteiger partial charge >= 0.3 is 0 Å². The molecule has 2 saturated heterocycles. The number of carbonyl (C=O) groups excluding carboxylic acids is 3. The summed E-state index contributed by atoms with van der Waals surface area (Å²) in [5.74, 6) is -2.06. The van der Waals surface area contributed by atoms with Gasteiger partial charge in [-0.1, -0.05) is 35.5 Å². The number of amides is 3. The molecule has 0 radical (unpaired) electrons. The largest absolute Gasteiger partial charge is 0.368 e. The van der Waals surface area contributed by atoms with Crippen molar-refractivity contribution in [3.05, 3.63) is 41.7 Å². The van der Waals surface area contributed by atoms with Crippen molar-refractivity contribution in [2.24, 2.45) is 5.73 Å². The SMILES string of the molecule is Cc1onc(-c2ccccc2)c1C(=O)N[C@@H]1C(=O)N2[C@@H](C(N)=O)C(C)(C)S(=O)(=O)[C@H]12. The number of nitrogens with zero attached hydrogens (tertiary/aromatic N) is 2. The summed E-state index contributed by atoms with van der Waals surface area (Å²) in [5.41, 5.74) is 6.38. The predicted molar refractivity (Wildman–Crippen MR) is 105 cm³/mol. The van der Waals surface area contributed by atoms with E-state index in [0.29, 0.717) is 5.56 Å². The molecule has 0 aliphatic carbocycles. The van der Waals surface area contributed by atoms with Gasteiger partial charge in [-0.25, -0.2) is 8.42 Å². The van der Waals surface area contributed by atoms with Gasteiger partial charge in [-0.3, -0.25) is 14.4 Å². The average Bonchev–Trinajstić information content (AvgIpc) is 3.13. The Morgan fingerprint density at radius 1 is 1.23 bits per heavy atom. The summed E-state index contributed by atoms with van der Waals surface area (Å²) in [4.78, 5) is 38.5. The molecule has 3 atom stereocenters. The highest BCUT2D eigenvalue weighted by atomic mass is 32.2. The van der Waals surface area contributed by atoms with Gasteiger partial charge in [-0.05, 0) is 20.8 Å². The number of benzene rings is 1. The van der Waals surface area contributed by atoms with E-state index in [1.807, 2.05) is 0 Å². The van der Waals surface area contributed by atoms with Gasteiger partial charge in [0.25, 0.3) is 5.91 Å². The summed E-state index contributed by atoms with van der Waals surface area (Å²) in [6.45, 7) is 4.24. The minimum Gasteiger partial charge on any atom is -0.368 e. The van der Waals surface area contributed by atoms with Crippen LogP contribution < -0.4 is 11.1 Å². The fraction of sp³-hybridized carbons (Fsp3) is 0.368. The molecule has 3 N–H and O–H groups in total. The molecule has 2 aliphatic heterocycles. The molecule has 0 bridgehead atoms. The first-order valence-corrected chi connectivity index (χ1v) is 10.7. The van der Waals surface area contributed by atoms with E-state index in [-0.39, 0.29) is 17.0 Å². The van der Waals surface area contributed by atoms with Crippen LogP contribution in [0.3, 0.4) is 0 Å². The first-order chi connectivity index (χ1) is 14.0. The third-order valence-corrected chi connectivity index (χ3v) is 8.59. The van der Waals surface area contributed by atoms with Crippen LogP contribution in [0.4, 0.5) is 0 Å². The van der Waals surface area contributed by atoms with Crippen LogP contribution >= 0.6 is 0 Å². The number of aryl methyl sites for hydroxylation is 1. The van der Waals surface area contributed by atoms with Gasteiger partial charge in [-0.15, -0.1) is 0 Å². The third-order valence-electron chi connectivity index (χ3n) is 5.76. The van der Waals surface area contributed by atoms with E-state index < -0.39 is 49.8 Å². The zero-order valence-electron chi connectivity index (χ0n) is 16.4. The number of sulfone groups is 1. The summed E-state index contributed by atoms with van der Waals surface area (Å²) in [6.07, 6.45) is 0. The average molecular weight is 432 g/mol. The molecule has 3 heterocycles. The molecular weight excluding hydrogens is 412 g/mol. The lowest BCUT2D eigenvalue weighted by Gasteiger charge is -2.42. The number of β-lactam (4-membered cyclic amide) rings is 1. The van der Waals surface area contributed by atoms with E-state index >= 15 is 0 Å². The Balaban J connectivity index is 1.66. The van der Waals surface area contributed by atoms with Crippen molar-refractivity contribution in [1.29, 1.82) is 0 Å². The highest BCUT2D eigenvalue weighted by Crippen LogP contribution is 2.45. The van der Waals surface area contributed by atoms with Crippen LogP contribution in [0.2, 0.25) is 0 Å². The number of aromatic nitrogens is 1. The summed E-state index contributed by atoms with van der Waals surface area (Å²) in [5, 5.41) is 5.04. The van der Waals surface area contributed by atoms with Gasteiger partial charge < -0.3 is 20.5 Å². The minimum atomic E-state index is -3.98. The Morgan fingerprint density at radius 3 is 2.47 bits per heavy atom. The monoisotopic (exact) mass is 432 g/mol. The van der Waals surface area contributed by atoms with Crippen LogP contribution in [0, 0.1) is 6.92 Å². The third kappa shape index (κ3) is 2.51. The van der Waals surface area contributed by atoms with Crippen molar-refractivity contribution in [1.82, 2.24) is 15.4 Å². The second-order valence-electron chi connectivity index (χ2n) is 7.87. The molecule has 2 aliphatic rings. The number of carbonyl (C=O) groups is 3. The maximum absolute atomic E-state index is 13.0. The highest BCUT2D eigenvalue weighted by Gasteiger charge is 2.72. The molecule has 0 spiro atoms. The molecule has 0 saturated carbocycles. The van der Waals surface area contributed by atoms with Crippen molar-refractivity contribution < 1.29 is 27.3 Å². The van der Waals surface area contributed by atoms with Crippen molar-refractivity contribution in [3.63, 3.8) is 0 Å². The zero-order chi connectivity index (χ0) is 22.0. The molecule has 3 amide bonds. The molecular formula is C19H20N4O6S. The normalized spacial score (nSPS) is 26.0. The molecule has 2 aromatic rings. The Bertz CT molecular complexity index is 1170. The number of hydrogen-bond donors (Lipinski definition) is 2. The Morgan fingerprint density at radius 2 is 1.87 bits per heavy atom. The Kier molecular flexibility index (Phi) is 4.28. The van der Waals surface area contributed by atoms with Crippen LogP contribution in [-0.2, 0) is 19.4 Å². The van der Waals surface area contributed by atoms with Crippen molar-refractivity contribution in [2.75, 3.05) is 0 Å². The van der Waals surface area contributed by atoms with Crippen molar-refractivity contribution in [2.45, 2.75) is 43.0 Å². The zero-order valence-corrected chi connectivity index (χ0v) is 17.3. The number of hydrogen-bond acceptors (Lipinski definition) is 7. The van der Waals surface area contributed by atoms with Crippen LogP contribution in [0.1, 0.15) is 30.0 Å². The minimum absolute atomic E-state index is 0.105. The Hall–Kier alpha value is -3.21. The first-order valence-electron chi connectivity index (χ1n) is 9.17. The maximum Gasteiger partial charge on any atom is 0.257 e. The molecule has 30 heavy (non-hydrogen) atoms. The molecule has 4 rings (SSSR count). The highest BCUT2D eigenvalue weighted by molar-refractivity contribution is 7.94. The quantitative estimate of drug-likeness (QED) is 0.644. The summed E-state index contributed by atoms with van der Waals surface area (Å²) in [6, 6.07) is 6.20. The smallest absolute Gasteiger partial charge is 0.257 e. The van der Waals surface area contributed by atoms with E-state index in [2.05, 4.69) is 10.5 Å². The fourth-order valence-electron chi connectivity index (χ4n) is 4.15. The molecule has 1 aromatic carbocycles. The molecule has 11 heteroatoms. The van der Waals surface area contributed by atoms with E-state index in [1.165, 1.54) is 13.8 Å². The summed E-state index contributed by atoms with van der Waals surface area (Å²) >= 11 is 0. The van der Waals surface area contributed by atoms with Gasteiger partial charge in [0.1, 0.15) is 29.1 Å². The number of fused-ring (bicyclic) bond motifs is 1. The lowest BCUT2D eigenvalue weighted by molar-refractivity contribution is -0.152. The topological polar surface area (TPSA) is 153 Å². The van der Waals surface area contributed by atoms with Gasteiger partial charge in [0.05, 0.1) is 4.75 Å². The lowest BCUT2D eigenvalue weighted by Crippen LogP contribution is -2.72. The van der Waals surface area contributed by atoms with E-state index in [0.717, 1.165) is 4.90 Å². The van der Waals surface area contributed by atoms with Crippen molar-refractivity contribution in [3.8, 4) is 11.3 Å². The van der Waals surface area contributed by atoms with Crippen LogP contribution in [0.25, 0.3) is 11.3 Å². The summed E-state index contributed by atoms with van der Waals surface area (Å²) in [7, 11) is -3.98. The number of primary amides is 1. The maximum atomic E-state index is 13.0. The van der Waals surface area contributed by atoms with Gasteiger partial charge in [0.2, 0.25) is 11.8 Å². The van der Waals surface area contributed by atoms with E-state index in [4.69, 9.17) is 10.3 Å². The van der Waals surface area contributed by atoms with Crippen LogP contribution in [0.5, 0.6) is 0 Å². The summed E-state index contributed by atoms with van der Waals surface area (Å²) < 4.78 is 29.6. The first kappa shape index (κ1) is 20.1. The number of nitrogens with two attached hydrogens (primary N) is 1. The predicted octanol–water partition coefficient (Wildman–Crippen LogP) is -0.0224. The molecule has 1 aromatic heterocycles. The number of nitrogens with one attached hydrogen (secondary N) is 1. The second kappa shape index (κ2) is 6.39. The molecule has 158 valence electrons. The van der Waals surface area contributed by atoms with Crippen LogP contribution in [0.15, 0.2) is 34.9 Å². The van der Waals surface area contributed by atoms with Gasteiger partial charge in [0, 0.05) is 5.56 Å². The van der Waals surface area contributed by atoms with Gasteiger partial charge in [-0.2, -0.15) is 0 Å². The standard InChI is InChI=1S/C19H20N4O6S/c1-9-11(12(22-29-9)10-7-5-4-6-8-10)16(25)21-13-17(26)23-14(15(20)24)19(2,3)30(27,28)18(13)23/h4-8,13-14,18H,1-3H3,(H2,20,24)(H,21,25)/t13-,14+,18-/m1/s1. The second-order valence-corrected chi connectivity index (χ2v) is 10.5. The number of rotatable bonds is 4. The van der Waals surface area contributed by atoms with E-state index in [9.17, 15) is 22.8 Å². The Labute approximate surface area is 172 Å². The van der Waals surface area contributed by atoms with Crippen LogP contribution in [-0.4, -0.2) is 58.4 Å². The molecule has 0 unspecified atom stereocenters. The van der Waals surface area contributed by atoms with Crippen molar-refractivity contribution >= 4 is 27.6 Å². The van der Waals surface area contributed by atoms with E-state index in [1.54, 1.807) is 37.3 Å². The lowest BCUT2D eigenvalue weighted by atomic mass is 9.95.